The molecule has 0 fully saturated rings. The second-order valence-electron chi connectivity index (χ2n) is 5.93. The number of hydrogen-bond donors (Lipinski definition) is 1. The molecule has 2 aromatic heterocycles. The van der Waals surface area contributed by atoms with Crippen molar-refractivity contribution in [3.63, 3.8) is 0 Å². The van der Waals surface area contributed by atoms with Crippen LogP contribution < -0.4 is 5.32 Å². The van der Waals surface area contributed by atoms with Gasteiger partial charge in [0.25, 0.3) is 0 Å². The largest absolute Gasteiger partial charge is 0.350 e. The third-order valence-corrected chi connectivity index (χ3v) is 5.10. The topological polar surface area (TPSA) is 66.7 Å². The van der Waals surface area contributed by atoms with Crippen LogP contribution in [-0.2, 0) is 16.1 Å². The lowest BCUT2D eigenvalue weighted by Crippen LogP contribution is -2.39. The van der Waals surface area contributed by atoms with Gasteiger partial charge in [0.2, 0.25) is 11.8 Å². The Morgan fingerprint density at radius 3 is 2.82 bits per heavy atom. The molecule has 0 atom stereocenters. The smallest absolute Gasteiger partial charge is 0.247 e. The number of benzene rings is 1. The van der Waals surface area contributed by atoms with E-state index in [9.17, 15) is 14.0 Å². The van der Waals surface area contributed by atoms with E-state index in [0.717, 1.165) is 10.5 Å². The highest BCUT2D eigenvalue weighted by Gasteiger charge is 2.14. The van der Waals surface area contributed by atoms with E-state index in [1.165, 1.54) is 34.4 Å². The SMILES string of the molecule is CCN(CC(=O)NCc1ccc(F)cc1)C(=O)/C=C/c1c(Cl)nc2sccn12. The van der Waals surface area contributed by atoms with Crippen molar-refractivity contribution in [2.75, 3.05) is 13.1 Å². The average Bonchev–Trinajstić information content (AvgIpc) is 3.24. The third-order valence-electron chi connectivity index (χ3n) is 4.07. The first-order valence-corrected chi connectivity index (χ1v) is 9.83. The number of nitrogens with zero attached hydrogens (tertiary/aromatic N) is 3. The van der Waals surface area contributed by atoms with Crippen LogP contribution in [0.3, 0.4) is 0 Å². The Kier molecular flexibility index (Phi) is 6.43. The van der Waals surface area contributed by atoms with Gasteiger partial charge in [-0.3, -0.25) is 14.0 Å². The van der Waals surface area contributed by atoms with Crippen LogP contribution in [0.2, 0.25) is 5.15 Å². The fraction of sp³-hybridized carbons (Fsp3) is 0.211. The molecule has 0 spiro atoms. The van der Waals surface area contributed by atoms with Crippen LogP contribution in [0.25, 0.3) is 11.0 Å². The van der Waals surface area contributed by atoms with Gasteiger partial charge in [0, 0.05) is 30.7 Å². The molecule has 0 saturated heterocycles. The molecule has 6 nitrogen and oxygen atoms in total. The minimum atomic E-state index is -0.331. The van der Waals surface area contributed by atoms with E-state index in [1.807, 2.05) is 11.6 Å². The fourth-order valence-corrected chi connectivity index (χ4v) is 3.56. The van der Waals surface area contributed by atoms with Gasteiger partial charge in [-0.1, -0.05) is 23.7 Å². The van der Waals surface area contributed by atoms with Crippen molar-refractivity contribution in [2.45, 2.75) is 13.5 Å². The number of carbonyl (C=O) groups excluding carboxylic acids is 2. The summed E-state index contributed by atoms with van der Waals surface area (Å²) in [6.45, 7) is 2.36. The van der Waals surface area contributed by atoms with E-state index in [4.69, 9.17) is 11.6 Å². The number of carbonyl (C=O) groups is 2. The number of hydrogen-bond acceptors (Lipinski definition) is 4. The summed E-state index contributed by atoms with van der Waals surface area (Å²) in [6, 6.07) is 5.86. The number of amides is 2. The number of likely N-dealkylation sites (N-methyl/N-ethyl adjacent to an activating group) is 1. The number of aromatic nitrogens is 2. The van der Waals surface area contributed by atoms with Crippen molar-refractivity contribution in [3.05, 3.63) is 64.1 Å². The molecular formula is C19H18ClFN4O2S. The number of halogens is 2. The normalized spacial score (nSPS) is 11.2. The molecule has 1 N–H and O–H groups in total. The Balaban J connectivity index is 1.58. The zero-order valence-corrected chi connectivity index (χ0v) is 16.6. The second-order valence-corrected chi connectivity index (χ2v) is 7.16. The first-order valence-electron chi connectivity index (χ1n) is 8.57. The molecule has 0 radical (unpaired) electrons. The Bertz CT molecular complexity index is 1010. The first kappa shape index (κ1) is 20.0. The molecule has 146 valence electrons. The number of nitrogens with one attached hydrogen (secondary N) is 1. The summed E-state index contributed by atoms with van der Waals surface area (Å²) in [6.07, 6.45) is 4.80. The van der Waals surface area contributed by atoms with Gasteiger partial charge >= 0.3 is 0 Å². The van der Waals surface area contributed by atoms with Crippen LogP contribution >= 0.6 is 22.9 Å². The van der Waals surface area contributed by atoms with Gasteiger partial charge in [-0.25, -0.2) is 9.37 Å². The van der Waals surface area contributed by atoms with Crippen LogP contribution in [0, 0.1) is 5.82 Å². The van der Waals surface area contributed by atoms with Gasteiger partial charge in [0.1, 0.15) is 5.82 Å². The highest BCUT2D eigenvalue weighted by molar-refractivity contribution is 7.15. The lowest BCUT2D eigenvalue weighted by molar-refractivity contribution is -0.132. The van der Waals surface area contributed by atoms with E-state index in [2.05, 4.69) is 10.3 Å². The van der Waals surface area contributed by atoms with Crippen molar-refractivity contribution < 1.29 is 14.0 Å². The van der Waals surface area contributed by atoms with E-state index in [-0.39, 0.29) is 30.7 Å². The molecule has 0 aliphatic heterocycles. The zero-order chi connectivity index (χ0) is 20.1. The highest BCUT2D eigenvalue weighted by Crippen LogP contribution is 2.22. The van der Waals surface area contributed by atoms with Gasteiger partial charge in [-0.2, -0.15) is 0 Å². The highest BCUT2D eigenvalue weighted by atomic mass is 35.5. The summed E-state index contributed by atoms with van der Waals surface area (Å²) in [7, 11) is 0. The van der Waals surface area contributed by atoms with Crippen LogP contribution in [0.5, 0.6) is 0 Å². The average molecular weight is 421 g/mol. The van der Waals surface area contributed by atoms with Gasteiger partial charge in [0.05, 0.1) is 12.2 Å². The molecule has 0 unspecified atom stereocenters. The van der Waals surface area contributed by atoms with Crippen molar-refractivity contribution in [1.29, 1.82) is 0 Å². The molecular weight excluding hydrogens is 403 g/mol. The van der Waals surface area contributed by atoms with Gasteiger partial charge < -0.3 is 10.2 Å². The molecule has 0 saturated carbocycles. The monoisotopic (exact) mass is 420 g/mol. The quantitative estimate of drug-likeness (QED) is 0.596. The molecule has 0 bridgehead atoms. The molecule has 0 aliphatic rings. The summed E-state index contributed by atoms with van der Waals surface area (Å²) in [4.78, 5) is 31.0. The minimum Gasteiger partial charge on any atom is -0.350 e. The summed E-state index contributed by atoms with van der Waals surface area (Å²) in [5, 5.41) is 4.92. The summed E-state index contributed by atoms with van der Waals surface area (Å²) < 4.78 is 14.7. The van der Waals surface area contributed by atoms with E-state index in [0.29, 0.717) is 17.4 Å². The van der Waals surface area contributed by atoms with Crippen molar-refractivity contribution >= 4 is 45.8 Å². The molecule has 3 rings (SSSR count). The Morgan fingerprint density at radius 2 is 2.11 bits per heavy atom. The predicted molar refractivity (Wildman–Crippen MR) is 108 cm³/mol. The standard InChI is InChI=1S/C19H18ClFN4O2S/c1-2-24(12-16(26)22-11-13-3-5-14(21)6-4-13)17(27)8-7-15-18(20)23-19-25(15)9-10-28-19/h3-10H,2,11-12H2,1H3,(H,22,26)/b8-7+. The van der Waals surface area contributed by atoms with E-state index >= 15 is 0 Å². The molecule has 28 heavy (non-hydrogen) atoms. The van der Waals surface area contributed by atoms with Gasteiger partial charge in [0.15, 0.2) is 10.1 Å². The summed E-state index contributed by atoms with van der Waals surface area (Å²) in [5.41, 5.74) is 1.39. The predicted octanol–water partition coefficient (Wildman–Crippen LogP) is 3.37. The maximum Gasteiger partial charge on any atom is 0.247 e. The third kappa shape index (κ3) is 4.76. The molecule has 1 aromatic carbocycles. The van der Waals surface area contributed by atoms with Crippen molar-refractivity contribution in [3.8, 4) is 0 Å². The Hall–Kier alpha value is -2.71. The maximum absolute atomic E-state index is 12.9. The summed E-state index contributed by atoms with van der Waals surface area (Å²) >= 11 is 7.56. The minimum absolute atomic E-state index is 0.0745. The number of imidazole rings is 1. The Labute approximate surface area is 170 Å². The van der Waals surface area contributed by atoms with Crippen LogP contribution in [0.4, 0.5) is 4.39 Å². The maximum atomic E-state index is 12.9. The first-order chi connectivity index (χ1) is 13.5. The van der Waals surface area contributed by atoms with Gasteiger partial charge in [-0.15, -0.1) is 11.3 Å². The lowest BCUT2D eigenvalue weighted by Gasteiger charge is -2.18. The lowest BCUT2D eigenvalue weighted by atomic mass is 10.2. The van der Waals surface area contributed by atoms with Crippen molar-refractivity contribution in [1.82, 2.24) is 19.6 Å². The van der Waals surface area contributed by atoms with E-state index in [1.54, 1.807) is 29.5 Å². The molecule has 2 heterocycles. The van der Waals surface area contributed by atoms with E-state index < -0.39 is 0 Å². The molecule has 9 heteroatoms. The van der Waals surface area contributed by atoms with Gasteiger partial charge in [-0.05, 0) is 30.7 Å². The number of thiazole rings is 1. The molecule has 2 amide bonds. The number of fused-ring (bicyclic) bond motifs is 1. The van der Waals surface area contributed by atoms with Crippen LogP contribution in [0.15, 0.2) is 41.9 Å². The number of rotatable bonds is 7. The zero-order valence-electron chi connectivity index (χ0n) is 15.1. The fourth-order valence-electron chi connectivity index (χ4n) is 2.56. The van der Waals surface area contributed by atoms with Crippen molar-refractivity contribution in [2.24, 2.45) is 0 Å². The van der Waals surface area contributed by atoms with Crippen LogP contribution in [-0.4, -0.2) is 39.2 Å². The summed E-state index contributed by atoms with van der Waals surface area (Å²) in [5.74, 6) is -0.932. The Morgan fingerprint density at radius 1 is 1.36 bits per heavy atom. The molecule has 3 aromatic rings. The second kappa shape index (κ2) is 8.99. The van der Waals surface area contributed by atoms with Crippen LogP contribution in [0.1, 0.15) is 18.2 Å². The molecule has 0 aliphatic carbocycles.